The van der Waals surface area contributed by atoms with Gasteiger partial charge in [-0.05, 0) is 211 Å². The van der Waals surface area contributed by atoms with E-state index in [2.05, 4.69) is 352 Å². The fourth-order valence-electron chi connectivity index (χ4n) is 19.6. The molecule has 0 aromatic heterocycles. The third-order valence-corrected chi connectivity index (χ3v) is 23.8. The molecule has 4 bridgehead atoms. The van der Waals surface area contributed by atoms with Crippen molar-refractivity contribution >= 4 is 76.2 Å². The largest absolute Gasteiger partial charge is 0.290 e. The van der Waals surface area contributed by atoms with E-state index in [9.17, 15) is 9.59 Å². The second kappa shape index (κ2) is 24.8. The van der Waals surface area contributed by atoms with Crippen LogP contribution in [-0.4, -0.2) is 11.6 Å². The number of benzene rings is 18. The number of carbonyl (C=O) groups is 2. The zero-order valence-corrected chi connectivity index (χ0v) is 58.2. The van der Waals surface area contributed by atoms with Crippen molar-refractivity contribution in [2.45, 2.75) is 36.5 Å². The molecule has 24 rings (SSSR count). The zero-order valence-electron chi connectivity index (χ0n) is 58.2. The number of Topliss-reactive ketones (excluding diaryl/α,β-unsaturated/α-hetero) is 2. The first-order chi connectivity index (χ1) is 52.5. The third kappa shape index (κ3) is 9.37. The molecule has 6 aliphatic rings. The Kier molecular flexibility index (Phi) is 14.4. The van der Waals surface area contributed by atoms with Crippen molar-refractivity contribution in [1.82, 2.24) is 0 Å². The standard InChI is InChI=1S/C52H32O2.C52H36/c53-51-47-39-25-13-14-26-40(39)48(52(51)54)50-46(42-30-28-32-16-8-10-22-36(32)44(42)34-19-5-2-6-20-34)38-24-12-11-23-37(38)45(49(47)50)41-29-27-31-15-7-9-21-35(31)43(41)33-17-3-1-4-18-33;1-3-17-35(18-4-1)47-37-21-9-7-15-33(37)27-29-45(47)49-41-25-13-14-26-42(41)50(52-44-32-31-43(51(49)52)39-23-11-12-24-40(39)44)46-30-28-34-16-8-10-22-38(34)48(46)36-19-5-2-6-20-36/h1-30,47-48H;1-30,43-44H,31-32H2. The molecule has 0 saturated carbocycles. The summed E-state index contributed by atoms with van der Waals surface area (Å²) in [7, 11) is 0. The highest BCUT2D eigenvalue weighted by molar-refractivity contribution is 6.46. The van der Waals surface area contributed by atoms with E-state index in [1.54, 1.807) is 0 Å². The van der Waals surface area contributed by atoms with Gasteiger partial charge in [-0.15, -0.1) is 0 Å². The highest BCUT2D eigenvalue weighted by Crippen LogP contribution is 2.63. The van der Waals surface area contributed by atoms with Gasteiger partial charge in [-0.2, -0.15) is 0 Å². The average molecular weight is 1350 g/mol. The smallest absolute Gasteiger partial charge is 0.211 e. The lowest BCUT2D eigenvalue weighted by atomic mass is 9.58. The summed E-state index contributed by atoms with van der Waals surface area (Å²) in [5.41, 5.74) is 29.2. The Bertz CT molecular complexity index is 6280. The van der Waals surface area contributed by atoms with Crippen molar-refractivity contribution in [3.8, 4) is 89.0 Å². The van der Waals surface area contributed by atoms with E-state index in [1.807, 2.05) is 12.1 Å². The van der Waals surface area contributed by atoms with Crippen molar-refractivity contribution in [1.29, 1.82) is 0 Å². The van der Waals surface area contributed by atoms with E-state index in [-0.39, 0.29) is 11.6 Å². The molecular weight excluding hydrogens is 1280 g/mol. The average Bonchev–Trinajstić information content (AvgIpc) is 0.692. The molecule has 0 amide bonds. The van der Waals surface area contributed by atoms with Gasteiger partial charge in [0.05, 0.1) is 11.8 Å². The van der Waals surface area contributed by atoms with Crippen LogP contribution in [0.15, 0.2) is 364 Å². The van der Waals surface area contributed by atoms with E-state index in [0.29, 0.717) is 11.8 Å². The topological polar surface area (TPSA) is 34.1 Å². The normalized spacial score (nSPS) is 15.9. The predicted molar refractivity (Wildman–Crippen MR) is 441 cm³/mol. The van der Waals surface area contributed by atoms with E-state index < -0.39 is 11.8 Å². The first-order valence-corrected chi connectivity index (χ1v) is 37.3. The number of ketones is 2. The van der Waals surface area contributed by atoms with E-state index in [1.165, 1.54) is 99.1 Å². The summed E-state index contributed by atoms with van der Waals surface area (Å²) in [6.45, 7) is 0. The van der Waals surface area contributed by atoms with Gasteiger partial charge in [0.15, 0.2) is 0 Å². The van der Waals surface area contributed by atoms with E-state index in [0.717, 1.165) is 112 Å². The lowest BCUT2D eigenvalue weighted by Gasteiger charge is -2.44. The van der Waals surface area contributed by atoms with Crippen molar-refractivity contribution in [3.05, 3.63) is 408 Å². The fourth-order valence-corrected chi connectivity index (χ4v) is 19.6. The van der Waals surface area contributed by atoms with Crippen LogP contribution in [-0.2, 0) is 9.59 Å². The number of fused-ring (bicyclic) bond motifs is 8. The molecule has 4 atom stereocenters. The van der Waals surface area contributed by atoms with Crippen molar-refractivity contribution < 1.29 is 9.59 Å². The molecule has 0 heterocycles. The van der Waals surface area contributed by atoms with Crippen LogP contribution < -0.4 is 0 Å². The molecular formula is C104H68O2. The fraction of sp³-hybridized carbons (Fsp3) is 0.0577. The Morgan fingerprint density at radius 3 is 0.670 bits per heavy atom. The van der Waals surface area contributed by atoms with Gasteiger partial charge >= 0.3 is 0 Å². The van der Waals surface area contributed by atoms with Gasteiger partial charge in [-0.3, -0.25) is 9.59 Å². The third-order valence-electron chi connectivity index (χ3n) is 23.8. The molecule has 0 radical (unpaired) electrons. The van der Waals surface area contributed by atoms with Crippen LogP contribution in [0.2, 0.25) is 0 Å². The molecule has 18 aromatic rings. The summed E-state index contributed by atoms with van der Waals surface area (Å²) < 4.78 is 0. The van der Waals surface area contributed by atoms with Crippen LogP contribution in [0.5, 0.6) is 0 Å². The highest BCUT2D eigenvalue weighted by Gasteiger charge is 2.52. The molecule has 6 aliphatic carbocycles. The Morgan fingerprint density at radius 2 is 0.396 bits per heavy atom. The molecule has 4 unspecified atom stereocenters. The minimum atomic E-state index is -0.720. The number of hydrogen-bond acceptors (Lipinski definition) is 2. The summed E-state index contributed by atoms with van der Waals surface area (Å²) in [5.74, 6) is -1.43. The van der Waals surface area contributed by atoms with Crippen molar-refractivity contribution in [3.63, 3.8) is 0 Å². The van der Waals surface area contributed by atoms with Gasteiger partial charge in [0, 0.05) is 11.8 Å². The van der Waals surface area contributed by atoms with E-state index in [4.69, 9.17) is 0 Å². The minimum absolute atomic E-state index is 0.322. The molecule has 18 aromatic carbocycles. The maximum absolute atomic E-state index is 14.6. The van der Waals surface area contributed by atoms with Gasteiger partial charge in [0.1, 0.15) is 0 Å². The summed E-state index contributed by atoms with van der Waals surface area (Å²) in [6, 6.07) is 132. The van der Waals surface area contributed by atoms with Crippen LogP contribution in [0, 0.1) is 0 Å². The minimum Gasteiger partial charge on any atom is -0.290 e. The number of carbonyl (C=O) groups excluding carboxylic acids is 2. The summed E-state index contributed by atoms with van der Waals surface area (Å²) >= 11 is 0. The van der Waals surface area contributed by atoms with Gasteiger partial charge in [0.25, 0.3) is 0 Å². The second-order valence-electron chi connectivity index (χ2n) is 29.1. The predicted octanol–water partition coefficient (Wildman–Crippen LogP) is 26.7. The zero-order chi connectivity index (χ0) is 70.1. The summed E-state index contributed by atoms with van der Waals surface area (Å²) in [4.78, 5) is 29.1. The lowest BCUT2D eigenvalue weighted by Crippen LogP contribution is -2.41. The maximum Gasteiger partial charge on any atom is 0.211 e. The molecule has 0 saturated heterocycles. The summed E-state index contributed by atoms with van der Waals surface area (Å²) in [6.07, 6.45) is 2.33. The van der Waals surface area contributed by atoms with Gasteiger partial charge in [-0.1, -0.05) is 364 Å². The number of rotatable bonds is 8. The molecule has 2 nitrogen and oxygen atoms in total. The Hall–Kier alpha value is -13.1. The van der Waals surface area contributed by atoms with Crippen molar-refractivity contribution in [2.24, 2.45) is 0 Å². The molecule has 496 valence electrons. The van der Waals surface area contributed by atoms with Crippen LogP contribution in [0.3, 0.4) is 0 Å². The Labute approximate surface area is 615 Å². The van der Waals surface area contributed by atoms with Gasteiger partial charge in [0.2, 0.25) is 11.6 Å². The second-order valence-corrected chi connectivity index (χ2v) is 29.1. The maximum atomic E-state index is 14.6. The van der Waals surface area contributed by atoms with E-state index >= 15 is 0 Å². The lowest BCUT2D eigenvalue weighted by molar-refractivity contribution is -0.138. The van der Waals surface area contributed by atoms with Crippen LogP contribution in [0.1, 0.15) is 81.0 Å². The monoisotopic (exact) mass is 1350 g/mol. The molecule has 106 heavy (non-hydrogen) atoms. The first-order valence-electron chi connectivity index (χ1n) is 37.3. The highest BCUT2D eigenvalue weighted by atomic mass is 16.2. The first kappa shape index (κ1) is 61.5. The van der Waals surface area contributed by atoms with Gasteiger partial charge in [-0.25, -0.2) is 0 Å². The van der Waals surface area contributed by atoms with Crippen molar-refractivity contribution in [2.75, 3.05) is 0 Å². The molecule has 0 fully saturated rings. The summed E-state index contributed by atoms with van der Waals surface area (Å²) in [5, 5.41) is 14.5. The quantitative estimate of drug-likeness (QED) is 0.142. The Balaban J connectivity index is 0.000000136. The molecule has 0 spiro atoms. The van der Waals surface area contributed by atoms with Crippen LogP contribution in [0.4, 0.5) is 0 Å². The molecule has 2 heteroatoms. The van der Waals surface area contributed by atoms with Crippen LogP contribution >= 0.6 is 0 Å². The molecule has 0 aliphatic heterocycles. The SMILES string of the molecule is O=C1C(=O)C2c3ccccc3C1c1c2c(-c2ccc3ccccc3c2-c2ccccc2)c2ccccc2c1-c1ccc2ccccc2c1-c1ccccc1.c1ccc(-c2c(-c3c4c(c(-c5ccc6ccccc6c5-c5ccccc5)c5ccccc35)C3CCC4c4ccccc43)ccc3ccccc23)cc1. The number of hydrogen-bond donors (Lipinski definition) is 0. The van der Waals surface area contributed by atoms with Crippen LogP contribution in [0.25, 0.3) is 154 Å². The van der Waals surface area contributed by atoms with Gasteiger partial charge < -0.3 is 0 Å². The molecule has 0 N–H and O–H groups in total. The Morgan fingerprint density at radius 1 is 0.179 bits per heavy atom.